The number of hydrogen-bond acceptors (Lipinski definition) is 7. The summed E-state index contributed by atoms with van der Waals surface area (Å²) in [6.07, 6.45) is 0. The van der Waals surface area contributed by atoms with Crippen LogP contribution >= 0.6 is 0 Å². The van der Waals surface area contributed by atoms with Crippen molar-refractivity contribution in [2.45, 2.75) is 24.8 Å². The summed E-state index contributed by atoms with van der Waals surface area (Å²) in [5.74, 6) is 0.949. The summed E-state index contributed by atoms with van der Waals surface area (Å²) in [5, 5.41) is 0. The molecule has 1 N–H and O–H groups in total. The molecule has 0 unspecified atom stereocenters. The zero-order chi connectivity index (χ0) is 20.9. The van der Waals surface area contributed by atoms with Gasteiger partial charge < -0.3 is 14.2 Å². The van der Waals surface area contributed by atoms with E-state index in [-0.39, 0.29) is 23.9 Å². The molecule has 9 heteroatoms. The number of nitrogens with zero attached hydrogens (tertiary/aromatic N) is 1. The van der Waals surface area contributed by atoms with E-state index < -0.39 is 22.0 Å². The third kappa shape index (κ3) is 5.05. The molecule has 1 heterocycles. The van der Waals surface area contributed by atoms with Gasteiger partial charge >= 0.3 is 5.97 Å². The topological polar surface area (TPSA) is 103 Å². The van der Waals surface area contributed by atoms with E-state index in [1.807, 2.05) is 6.92 Å². The molecule has 8 nitrogen and oxygen atoms in total. The Bertz CT molecular complexity index is 1000. The third-order valence-corrected chi connectivity index (χ3v) is 5.45. The molecule has 29 heavy (non-hydrogen) atoms. The number of benzene rings is 2. The number of amidine groups is 1. The van der Waals surface area contributed by atoms with Crippen LogP contribution in [0.4, 0.5) is 0 Å². The second kappa shape index (κ2) is 8.95. The Labute approximate surface area is 169 Å². The zero-order valence-electron chi connectivity index (χ0n) is 16.1. The zero-order valence-corrected chi connectivity index (χ0v) is 16.9. The molecule has 0 aliphatic carbocycles. The number of carbonyl (C=O) groups excluding carboxylic acids is 1. The van der Waals surface area contributed by atoms with Crippen molar-refractivity contribution in [3.8, 4) is 11.5 Å². The van der Waals surface area contributed by atoms with E-state index in [0.717, 1.165) is 5.75 Å². The van der Waals surface area contributed by atoms with Gasteiger partial charge in [0.05, 0.1) is 11.5 Å². The number of fused-ring (bicyclic) bond motifs is 1. The molecule has 154 valence electrons. The fourth-order valence-corrected chi connectivity index (χ4v) is 3.94. The number of rotatable bonds is 8. The van der Waals surface area contributed by atoms with Gasteiger partial charge in [-0.15, -0.1) is 0 Å². The molecule has 0 radical (unpaired) electrons. The Kier molecular flexibility index (Phi) is 6.38. The maximum atomic E-state index is 12.2. The first-order valence-electron chi connectivity index (χ1n) is 9.13. The molecule has 1 atom stereocenters. The molecule has 1 aliphatic rings. The van der Waals surface area contributed by atoms with E-state index in [2.05, 4.69) is 9.71 Å². The highest BCUT2D eigenvalue weighted by atomic mass is 32.2. The number of esters is 1. The van der Waals surface area contributed by atoms with Crippen LogP contribution < -0.4 is 14.2 Å². The SMILES string of the molecule is CCOc1ccc(OCCOC(=O)[C@H](C)N=C2NS(=O)(=O)c3ccccc32)cc1. The van der Waals surface area contributed by atoms with Gasteiger partial charge in [-0.1, -0.05) is 12.1 Å². The molecule has 0 aromatic heterocycles. The minimum atomic E-state index is -3.65. The third-order valence-electron chi connectivity index (χ3n) is 4.06. The van der Waals surface area contributed by atoms with Gasteiger partial charge in [0.2, 0.25) is 0 Å². The lowest BCUT2D eigenvalue weighted by atomic mass is 10.2. The van der Waals surface area contributed by atoms with Gasteiger partial charge in [-0.05, 0) is 50.2 Å². The molecular weight excluding hydrogens is 396 g/mol. The smallest absolute Gasteiger partial charge is 0.330 e. The van der Waals surface area contributed by atoms with Crippen LogP contribution in [0, 0.1) is 0 Å². The van der Waals surface area contributed by atoms with E-state index >= 15 is 0 Å². The Balaban J connectivity index is 1.51. The first-order valence-corrected chi connectivity index (χ1v) is 10.6. The van der Waals surface area contributed by atoms with E-state index in [0.29, 0.717) is 17.9 Å². The van der Waals surface area contributed by atoms with Crippen LogP contribution in [0.25, 0.3) is 0 Å². The number of ether oxygens (including phenoxy) is 3. The van der Waals surface area contributed by atoms with E-state index in [4.69, 9.17) is 14.2 Å². The summed E-state index contributed by atoms with van der Waals surface area (Å²) in [4.78, 5) is 16.5. The van der Waals surface area contributed by atoms with E-state index in [1.54, 1.807) is 42.5 Å². The molecule has 0 saturated heterocycles. The Morgan fingerprint density at radius 3 is 2.38 bits per heavy atom. The number of carbonyl (C=O) groups is 1. The molecule has 0 fully saturated rings. The normalized spacial score (nSPS) is 16.6. The lowest BCUT2D eigenvalue weighted by Crippen LogP contribution is -2.27. The summed E-state index contributed by atoms with van der Waals surface area (Å²) in [6, 6.07) is 12.7. The lowest BCUT2D eigenvalue weighted by Gasteiger charge is -2.10. The van der Waals surface area contributed by atoms with Crippen molar-refractivity contribution in [1.29, 1.82) is 0 Å². The van der Waals surface area contributed by atoms with Crippen molar-refractivity contribution in [2.75, 3.05) is 19.8 Å². The fourth-order valence-electron chi connectivity index (χ4n) is 2.70. The standard InChI is InChI=1S/C20H22N2O6S/c1-3-26-15-8-10-16(11-9-15)27-12-13-28-20(23)14(2)21-19-17-6-4-5-7-18(17)29(24,25)22-19/h4-11,14H,3,12-13H2,1-2H3,(H,21,22)/t14-/m0/s1. The molecule has 0 amide bonds. The average Bonchev–Trinajstić information content (AvgIpc) is 2.97. The van der Waals surface area contributed by atoms with Gasteiger partial charge in [-0.3, -0.25) is 9.71 Å². The molecule has 0 saturated carbocycles. The molecule has 2 aromatic carbocycles. The Morgan fingerprint density at radius 2 is 1.69 bits per heavy atom. The predicted octanol–water partition coefficient (Wildman–Crippen LogP) is 2.13. The summed E-state index contributed by atoms with van der Waals surface area (Å²) >= 11 is 0. The second-order valence-corrected chi connectivity index (χ2v) is 7.83. The predicted molar refractivity (Wildman–Crippen MR) is 107 cm³/mol. The number of nitrogens with one attached hydrogen (secondary N) is 1. The second-order valence-electron chi connectivity index (χ2n) is 6.18. The van der Waals surface area contributed by atoms with Crippen LogP contribution in [0.15, 0.2) is 58.4 Å². The van der Waals surface area contributed by atoms with Crippen LogP contribution in [0.5, 0.6) is 11.5 Å². The van der Waals surface area contributed by atoms with E-state index in [1.165, 1.54) is 13.0 Å². The van der Waals surface area contributed by atoms with Crippen molar-refractivity contribution in [3.05, 3.63) is 54.1 Å². The van der Waals surface area contributed by atoms with Gasteiger partial charge in [0.15, 0.2) is 0 Å². The molecular formula is C20H22N2O6S. The molecule has 2 aromatic rings. The van der Waals surface area contributed by atoms with Crippen molar-refractivity contribution in [1.82, 2.24) is 4.72 Å². The van der Waals surface area contributed by atoms with Crippen LogP contribution in [0.3, 0.4) is 0 Å². The highest BCUT2D eigenvalue weighted by Crippen LogP contribution is 2.22. The maximum absolute atomic E-state index is 12.2. The van der Waals surface area contributed by atoms with Crippen LogP contribution in [-0.4, -0.2) is 46.1 Å². The van der Waals surface area contributed by atoms with Crippen molar-refractivity contribution >= 4 is 21.8 Å². The van der Waals surface area contributed by atoms with Gasteiger partial charge in [-0.25, -0.2) is 13.2 Å². The minimum absolute atomic E-state index is 0.0452. The summed E-state index contributed by atoms with van der Waals surface area (Å²) in [7, 11) is -3.65. The molecule has 0 spiro atoms. The maximum Gasteiger partial charge on any atom is 0.330 e. The monoisotopic (exact) mass is 418 g/mol. The van der Waals surface area contributed by atoms with Gasteiger partial charge in [0.1, 0.15) is 36.6 Å². The number of hydrogen-bond donors (Lipinski definition) is 1. The molecule has 3 rings (SSSR count). The highest BCUT2D eigenvalue weighted by Gasteiger charge is 2.31. The number of aliphatic imine (C=N–C) groups is 1. The highest BCUT2D eigenvalue weighted by molar-refractivity contribution is 7.90. The van der Waals surface area contributed by atoms with Gasteiger partial charge in [-0.2, -0.15) is 0 Å². The van der Waals surface area contributed by atoms with Crippen LogP contribution in [0.1, 0.15) is 19.4 Å². The van der Waals surface area contributed by atoms with Crippen molar-refractivity contribution in [2.24, 2.45) is 4.99 Å². The van der Waals surface area contributed by atoms with Crippen molar-refractivity contribution in [3.63, 3.8) is 0 Å². The van der Waals surface area contributed by atoms with E-state index in [9.17, 15) is 13.2 Å². The van der Waals surface area contributed by atoms with Crippen LogP contribution in [-0.2, 0) is 19.6 Å². The minimum Gasteiger partial charge on any atom is -0.494 e. The fraction of sp³-hybridized carbons (Fsp3) is 0.300. The first kappa shape index (κ1) is 20.7. The largest absolute Gasteiger partial charge is 0.494 e. The van der Waals surface area contributed by atoms with Gasteiger partial charge in [0.25, 0.3) is 10.0 Å². The molecule has 0 bridgehead atoms. The summed E-state index contributed by atoms with van der Waals surface area (Å²) in [6.45, 7) is 4.26. The van der Waals surface area contributed by atoms with Crippen molar-refractivity contribution < 1.29 is 27.4 Å². The summed E-state index contributed by atoms with van der Waals surface area (Å²) in [5.41, 5.74) is 0.436. The van der Waals surface area contributed by atoms with Crippen LogP contribution in [0.2, 0.25) is 0 Å². The quantitative estimate of drug-likeness (QED) is 0.520. The average molecular weight is 418 g/mol. The molecule has 1 aliphatic heterocycles. The Morgan fingerprint density at radius 1 is 1.03 bits per heavy atom. The summed E-state index contributed by atoms with van der Waals surface area (Å²) < 4.78 is 42.6. The first-order chi connectivity index (χ1) is 13.9. The number of sulfonamides is 1. The van der Waals surface area contributed by atoms with Gasteiger partial charge in [0, 0.05) is 5.56 Å². The lowest BCUT2D eigenvalue weighted by molar-refractivity contribution is -0.145. The Hall–Kier alpha value is -3.07.